The molecule has 0 saturated carbocycles. The lowest BCUT2D eigenvalue weighted by atomic mass is 10.2. The van der Waals surface area contributed by atoms with E-state index in [0.29, 0.717) is 36.0 Å². The number of ether oxygens (including phenoxy) is 1. The average molecular weight is 385 g/mol. The number of carbonyl (C=O) groups excluding carboxylic acids is 1. The van der Waals surface area contributed by atoms with Crippen LogP contribution in [-0.2, 0) is 13.1 Å². The topological polar surface area (TPSA) is 68.5 Å². The van der Waals surface area contributed by atoms with Gasteiger partial charge in [0, 0.05) is 31.2 Å². The fraction of sp³-hybridized carbons (Fsp3) is 0.0870. The standard InChI is InChI=1S/C23H19N3O3/c27-23(19-10-11-22(25-15-19)29-20-7-2-1-3-8-20)26(17-21-9-5-13-28-21)16-18-6-4-12-24-14-18/h1-15H,16-17H2. The highest BCUT2D eigenvalue weighted by molar-refractivity contribution is 5.93. The minimum absolute atomic E-state index is 0.149. The van der Waals surface area contributed by atoms with Crippen LogP contribution >= 0.6 is 0 Å². The molecule has 0 spiro atoms. The predicted octanol–water partition coefficient (Wildman–Crippen LogP) is 4.70. The maximum absolute atomic E-state index is 13.1. The zero-order chi connectivity index (χ0) is 19.9. The first-order chi connectivity index (χ1) is 14.3. The van der Waals surface area contributed by atoms with Crippen LogP contribution in [0.2, 0.25) is 0 Å². The highest BCUT2D eigenvalue weighted by Crippen LogP contribution is 2.20. The van der Waals surface area contributed by atoms with Gasteiger partial charge in [0.25, 0.3) is 5.91 Å². The zero-order valence-corrected chi connectivity index (χ0v) is 15.6. The Kier molecular flexibility index (Phi) is 5.62. The van der Waals surface area contributed by atoms with Gasteiger partial charge in [0.1, 0.15) is 11.5 Å². The SMILES string of the molecule is O=C(c1ccc(Oc2ccccc2)nc1)N(Cc1cccnc1)Cc1ccco1. The summed E-state index contributed by atoms with van der Waals surface area (Å²) in [7, 11) is 0. The third-order valence-corrected chi connectivity index (χ3v) is 4.26. The molecule has 4 aromatic rings. The average Bonchev–Trinajstić information content (AvgIpc) is 3.28. The number of benzene rings is 1. The van der Waals surface area contributed by atoms with Crippen molar-refractivity contribution in [2.75, 3.05) is 0 Å². The van der Waals surface area contributed by atoms with E-state index in [4.69, 9.17) is 9.15 Å². The first-order valence-electron chi connectivity index (χ1n) is 9.17. The van der Waals surface area contributed by atoms with Crippen LogP contribution in [0.4, 0.5) is 0 Å². The molecule has 0 unspecified atom stereocenters. The molecule has 0 atom stereocenters. The van der Waals surface area contributed by atoms with E-state index in [2.05, 4.69) is 9.97 Å². The zero-order valence-electron chi connectivity index (χ0n) is 15.6. The molecule has 0 bridgehead atoms. The van der Waals surface area contributed by atoms with Gasteiger partial charge in [-0.3, -0.25) is 9.78 Å². The van der Waals surface area contributed by atoms with E-state index in [1.807, 2.05) is 48.5 Å². The fourth-order valence-corrected chi connectivity index (χ4v) is 2.86. The molecule has 0 saturated heterocycles. The van der Waals surface area contributed by atoms with E-state index in [9.17, 15) is 4.79 Å². The molecule has 3 heterocycles. The Morgan fingerprint density at radius 1 is 0.931 bits per heavy atom. The Morgan fingerprint density at radius 2 is 1.83 bits per heavy atom. The molecule has 6 heteroatoms. The van der Waals surface area contributed by atoms with Gasteiger partial charge in [-0.1, -0.05) is 24.3 Å². The summed E-state index contributed by atoms with van der Waals surface area (Å²) in [5.41, 5.74) is 1.41. The van der Waals surface area contributed by atoms with Crippen molar-refractivity contribution in [1.82, 2.24) is 14.9 Å². The van der Waals surface area contributed by atoms with Gasteiger partial charge in [-0.2, -0.15) is 0 Å². The summed E-state index contributed by atoms with van der Waals surface area (Å²) in [6.07, 6.45) is 6.58. The molecule has 29 heavy (non-hydrogen) atoms. The lowest BCUT2D eigenvalue weighted by molar-refractivity contribution is 0.0717. The number of pyridine rings is 2. The van der Waals surface area contributed by atoms with E-state index in [-0.39, 0.29) is 5.91 Å². The number of hydrogen-bond donors (Lipinski definition) is 0. The number of carbonyl (C=O) groups is 1. The van der Waals surface area contributed by atoms with E-state index in [0.717, 1.165) is 5.56 Å². The summed E-state index contributed by atoms with van der Waals surface area (Å²) in [6, 6.07) is 20.2. The number of nitrogens with zero attached hydrogens (tertiary/aromatic N) is 3. The summed E-state index contributed by atoms with van der Waals surface area (Å²) >= 11 is 0. The van der Waals surface area contributed by atoms with E-state index < -0.39 is 0 Å². The molecule has 0 radical (unpaired) electrons. The van der Waals surface area contributed by atoms with Crippen LogP contribution in [0.1, 0.15) is 21.7 Å². The lowest BCUT2D eigenvalue weighted by Crippen LogP contribution is -2.30. The molecule has 4 rings (SSSR count). The minimum Gasteiger partial charge on any atom is -0.467 e. The molecule has 0 aliphatic carbocycles. The lowest BCUT2D eigenvalue weighted by Gasteiger charge is -2.21. The normalized spacial score (nSPS) is 10.5. The number of aromatic nitrogens is 2. The fourth-order valence-electron chi connectivity index (χ4n) is 2.86. The smallest absolute Gasteiger partial charge is 0.256 e. The second-order valence-corrected chi connectivity index (χ2v) is 6.40. The van der Waals surface area contributed by atoms with Crippen molar-refractivity contribution in [3.05, 3.63) is 108 Å². The Hall–Kier alpha value is -3.93. The van der Waals surface area contributed by atoms with Crippen molar-refractivity contribution in [1.29, 1.82) is 0 Å². The number of furan rings is 1. The third-order valence-electron chi connectivity index (χ3n) is 4.26. The van der Waals surface area contributed by atoms with Gasteiger partial charge in [-0.15, -0.1) is 0 Å². The molecule has 1 aromatic carbocycles. The molecule has 0 fully saturated rings. The van der Waals surface area contributed by atoms with Gasteiger partial charge in [-0.25, -0.2) is 4.98 Å². The van der Waals surface area contributed by atoms with Crippen molar-refractivity contribution in [2.45, 2.75) is 13.1 Å². The predicted molar refractivity (Wildman–Crippen MR) is 107 cm³/mol. The molecule has 6 nitrogen and oxygen atoms in total. The third kappa shape index (κ3) is 4.87. The van der Waals surface area contributed by atoms with Gasteiger partial charge in [0.2, 0.25) is 5.88 Å². The summed E-state index contributed by atoms with van der Waals surface area (Å²) in [5, 5.41) is 0. The van der Waals surface area contributed by atoms with E-state index >= 15 is 0 Å². The van der Waals surface area contributed by atoms with Gasteiger partial charge < -0.3 is 14.1 Å². The quantitative estimate of drug-likeness (QED) is 0.461. The van der Waals surface area contributed by atoms with Crippen LogP contribution in [-0.4, -0.2) is 20.8 Å². The van der Waals surface area contributed by atoms with Gasteiger partial charge in [0.15, 0.2) is 0 Å². The summed E-state index contributed by atoms with van der Waals surface area (Å²) < 4.78 is 11.1. The van der Waals surface area contributed by atoms with Crippen LogP contribution < -0.4 is 4.74 Å². The van der Waals surface area contributed by atoms with Gasteiger partial charge in [-0.05, 0) is 42.0 Å². The molecule has 144 valence electrons. The first-order valence-corrected chi connectivity index (χ1v) is 9.17. The monoisotopic (exact) mass is 385 g/mol. The highest BCUT2D eigenvalue weighted by atomic mass is 16.5. The Balaban J connectivity index is 1.51. The molecule has 0 aliphatic heterocycles. The number of amides is 1. The van der Waals surface area contributed by atoms with E-state index in [1.54, 1.807) is 41.8 Å². The largest absolute Gasteiger partial charge is 0.467 e. The summed E-state index contributed by atoms with van der Waals surface area (Å²) in [4.78, 5) is 23.2. The van der Waals surface area contributed by atoms with Crippen LogP contribution in [0.3, 0.4) is 0 Å². The molecular formula is C23H19N3O3. The van der Waals surface area contributed by atoms with Crippen molar-refractivity contribution >= 4 is 5.91 Å². The Bertz CT molecular complexity index is 1030. The molecule has 3 aromatic heterocycles. The van der Waals surface area contributed by atoms with E-state index in [1.165, 1.54) is 6.20 Å². The summed E-state index contributed by atoms with van der Waals surface area (Å²) in [6.45, 7) is 0.763. The number of para-hydroxylation sites is 1. The maximum Gasteiger partial charge on any atom is 0.256 e. The second-order valence-electron chi connectivity index (χ2n) is 6.40. The summed E-state index contributed by atoms with van der Waals surface area (Å²) in [5.74, 6) is 1.68. The Labute approximate surface area is 168 Å². The molecule has 0 N–H and O–H groups in total. The number of rotatable bonds is 7. The molecule has 0 aliphatic rings. The Morgan fingerprint density at radius 3 is 2.52 bits per heavy atom. The van der Waals surface area contributed by atoms with Crippen LogP contribution in [0, 0.1) is 0 Å². The second kappa shape index (κ2) is 8.84. The van der Waals surface area contributed by atoms with Crippen molar-refractivity contribution in [3.8, 4) is 11.6 Å². The minimum atomic E-state index is -0.149. The van der Waals surface area contributed by atoms with Gasteiger partial charge >= 0.3 is 0 Å². The van der Waals surface area contributed by atoms with Crippen molar-refractivity contribution in [2.24, 2.45) is 0 Å². The van der Waals surface area contributed by atoms with Crippen LogP contribution in [0.15, 0.2) is 96.0 Å². The van der Waals surface area contributed by atoms with Crippen molar-refractivity contribution < 1.29 is 13.9 Å². The van der Waals surface area contributed by atoms with Gasteiger partial charge in [0.05, 0.1) is 18.4 Å². The van der Waals surface area contributed by atoms with Crippen LogP contribution in [0.5, 0.6) is 11.6 Å². The van der Waals surface area contributed by atoms with Crippen molar-refractivity contribution in [3.63, 3.8) is 0 Å². The number of hydrogen-bond acceptors (Lipinski definition) is 5. The maximum atomic E-state index is 13.1. The van der Waals surface area contributed by atoms with Crippen LogP contribution in [0.25, 0.3) is 0 Å². The highest BCUT2D eigenvalue weighted by Gasteiger charge is 2.18. The molecular weight excluding hydrogens is 366 g/mol. The first kappa shape index (κ1) is 18.4. The molecule has 1 amide bonds.